The van der Waals surface area contributed by atoms with Gasteiger partial charge in [-0.1, -0.05) is 30.9 Å². The number of rotatable bonds is 2. The first-order valence-corrected chi connectivity index (χ1v) is 4.73. The van der Waals surface area contributed by atoms with Crippen LogP contribution in [0.4, 0.5) is 0 Å². The summed E-state index contributed by atoms with van der Waals surface area (Å²) in [5.74, 6) is 0.259. The molecule has 0 saturated heterocycles. The molecular formula is C11H11BrO. The minimum Gasteiger partial charge on any atom is -0.507 e. The summed E-state index contributed by atoms with van der Waals surface area (Å²) in [5, 5.41) is 9.42. The maximum absolute atomic E-state index is 9.42. The normalized spacial score (nSPS) is 10.6. The quantitative estimate of drug-likeness (QED) is 0.781. The zero-order valence-electron chi connectivity index (χ0n) is 7.42. The molecule has 1 aromatic rings. The van der Waals surface area contributed by atoms with Crippen LogP contribution in [0.15, 0.2) is 35.3 Å². The van der Waals surface area contributed by atoms with Gasteiger partial charge in [0.2, 0.25) is 0 Å². The zero-order chi connectivity index (χ0) is 9.84. The van der Waals surface area contributed by atoms with E-state index < -0.39 is 0 Å². The van der Waals surface area contributed by atoms with Gasteiger partial charge in [-0.3, -0.25) is 0 Å². The van der Waals surface area contributed by atoms with E-state index in [0.717, 1.165) is 15.6 Å². The molecule has 0 saturated carbocycles. The van der Waals surface area contributed by atoms with E-state index in [1.165, 1.54) is 0 Å². The number of hydrogen-bond donors (Lipinski definition) is 1. The molecule has 1 aromatic carbocycles. The molecule has 0 atom stereocenters. The van der Waals surface area contributed by atoms with Crippen LogP contribution in [-0.2, 0) is 0 Å². The summed E-state index contributed by atoms with van der Waals surface area (Å²) in [6, 6.07) is 3.55. The third kappa shape index (κ3) is 2.22. The van der Waals surface area contributed by atoms with Gasteiger partial charge in [0.05, 0.1) is 4.47 Å². The van der Waals surface area contributed by atoms with Crippen molar-refractivity contribution in [2.24, 2.45) is 0 Å². The van der Waals surface area contributed by atoms with E-state index in [-0.39, 0.29) is 5.75 Å². The maximum Gasteiger partial charge on any atom is 0.130 e. The van der Waals surface area contributed by atoms with Crippen molar-refractivity contribution in [3.8, 4) is 5.75 Å². The lowest BCUT2D eigenvalue weighted by Gasteiger charge is -2.04. The van der Waals surface area contributed by atoms with Gasteiger partial charge in [-0.2, -0.15) is 0 Å². The predicted molar refractivity (Wildman–Crippen MR) is 59.8 cm³/mol. The zero-order valence-corrected chi connectivity index (χ0v) is 9.01. The van der Waals surface area contributed by atoms with Gasteiger partial charge in [0.15, 0.2) is 0 Å². The van der Waals surface area contributed by atoms with E-state index in [4.69, 9.17) is 0 Å². The van der Waals surface area contributed by atoms with Gasteiger partial charge in [-0.05, 0) is 40.0 Å². The molecule has 0 aromatic heterocycles. The van der Waals surface area contributed by atoms with Crippen molar-refractivity contribution in [3.05, 3.63) is 46.5 Å². The third-order valence-corrected chi connectivity index (χ3v) is 2.61. The van der Waals surface area contributed by atoms with Crippen LogP contribution in [-0.4, -0.2) is 5.11 Å². The van der Waals surface area contributed by atoms with Crippen molar-refractivity contribution in [3.63, 3.8) is 0 Å². The van der Waals surface area contributed by atoms with Crippen LogP contribution in [0.2, 0.25) is 0 Å². The highest BCUT2D eigenvalue weighted by molar-refractivity contribution is 9.10. The van der Waals surface area contributed by atoms with Crippen LogP contribution >= 0.6 is 15.9 Å². The molecule has 0 aliphatic rings. The number of benzene rings is 1. The van der Waals surface area contributed by atoms with Gasteiger partial charge in [0, 0.05) is 0 Å². The van der Waals surface area contributed by atoms with Crippen molar-refractivity contribution in [2.75, 3.05) is 0 Å². The average Bonchev–Trinajstić information content (AvgIpc) is 2.12. The number of phenolic OH excluding ortho intramolecular Hbond substituents is 1. The number of aromatic hydroxyl groups is 1. The van der Waals surface area contributed by atoms with Crippen molar-refractivity contribution in [2.45, 2.75) is 6.92 Å². The fourth-order valence-corrected chi connectivity index (χ4v) is 1.62. The first kappa shape index (κ1) is 10.1. The number of halogens is 1. The third-order valence-electron chi connectivity index (χ3n) is 1.78. The molecule has 0 amide bonds. The molecule has 2 heteroatoms. The minimum atomic E-state index is 0.259. The fraction of sp³-hybridized carbons (Fsp3) is 0.0909. The minimum absolute atomic E-state index is 0.259. The van der Waals surface area contributed by atoms with E-state index in [1.807, 2.05) is 25.1 Å². The molecule has 68 valence electrons. The van der Waals surface area contributed by atoms with Crippen molar-refractivity contribution < 1.29 is 5.11 Å². The van der Waals surface area contributed by atoms with Crippen LogP contribution in [0.25, 0.3) is 6.08 Å². The van der Waals surface area contributed by atoms with Crippen LogP contribution in [0.1, 0.15) is 11.1 Å². The molecular weight excluding hydrogens is 228 g/mol. The summed E-state index contributed by atoms with van der Waals surface area (Å²) in [7, 11) is 0. The summed E-state index contributed by atoms with van der Waals surface area (Å²) < 4.78 is 0.727. The lowest BCUT2D eigenvalue weighted by molar-refractivity contribution is 0.471. The summed E-state index contributed by atoms with van der Waals surface area (Å²) >= 11 is 3.33. The Hall–Kier alpha value is -1.02. The van der Waals surface area contributed by atoms with E-state index in [2.05, 4.69) is 22.5 Å². The Labute approximate surface area is 86.5 Å². The lowest BCUT2D eigenvalue weighted by Crippen LogP contribution is -1.82. The second kappa shape index (κ2) is 4.28. The standard InChI is InChI=1S/C11H11BrO/c1-3-4-5-9-8(2)6-7-10(13)11(9)12/h3-7,13H,1H2,2H3/b5-4-. The molecule has 13 heavy (non-hydrogen) atoms. The molecule has 1 nitrogen and oxygen atoms in total. The van der Waals surface area contributed by atoms with Crippen molar-refractivity contribution in [1.82, 2.24) is 0 Å². The SMILES string of the molecule is C=C/C=C\c1c(C)ccc(O)c1Br. The second-order valence-corrected chi connectivity index (χ2v) is 3.52. The largest absolute Gasteiger partial charge is 0.507 e. The number of allylic oxidation sites excluding steroid dienone is 2. The molecule has 0 fully saturated rings. The maximum atomic E-state index is 9.42. The summed E-state index contributed by atoms with van der Waals surface area (Å²) in [6.07, 6.45) is 5.45. The van der Waals surface area contributed by atoms with E-state index in [1.54, 1.807) is 12.1 Å². The average molecular weight is 239 g/mol. The van der Waals surface area contributed by atoms with Crippen LogP contribution < -0.4 is 0 Å². The monoisotopic (exact) mass is 238 g/mol. The van der Waals surface area contributed by atoms with Gasteiger partial charge in [0.25, 0.3) is 0 Å². The summed E-state index contributed by atoms with van der Waals surface area (Å²) in [4.78, 5) is 0. The molecule has 0 unspecified atom stereocenters. The lowest BCUT2D eigenvalue weighted by atomic mass is 10.1. The second-order valence-electron chi connectivity index (χ2n) is 2.72. The summed E-state index contributed by atoms with van der Waals surface area (Å²) in [5.41, 5.74) is 2.10. The van der Waals surface area contributed by atoms with E-state index in [0.29, 0.717) is 0 Å². The number of aryl methyl sites for hydroxylation is 1. The fourth-order valence-electron chi connectivity index (χ4n) is 1.05. The van der Waals surface area contributed by atoms with E-state index in [9.17, 15) is 5.11 Å². The number of hydrogen-bond acceptors (Lipinski definition) is 1. The van der Waals surface area contributed by atoms with E-state index >= 15 is 0 Å². The molecule has 1 rings (SSSR count). The Balaban J connectivity index is 3.25. The first-order valence-electron chi connectivity index (χ1n) is 3.94. The molecule has 0 bridgehead atoms. The van der Waals surface area contributed by atoms with Gasteiger partial charge >= 0.3 is 0 Å². The number of phenols is 1. The molecule has 0 aliphatic heterocycles. The van der Waals surface area contributed by atoms with Gasteiger partial charge in [-0.25, -0.2) is 0 Å². The molecule has 0 heterocycles. The molecule has 0 radical (unpaired) electrons. The van der Waals surface area contributed by atoms with Crippen LogP contribution in [0.3, 0.4) is 0 Å². The molecule has 0 spiro atoms. The van der Waals surface area contributed by atoms with Crippen LogP contribution in [0.5, 0.6) is 5.75 Å². The van der Waals surface area contributed by atoms with Crippen molar-refractivity contribution >= 4 is 22.0 Å². The van der Waals surface area contributed by atoms with Crippen molar-refractivity contribution in [1.29, 1.82) is 0 Å². The predicted octanol–water partition coefficient (Wildman–Crippen LogP) is 3.66. The Morgan fingerprint density at radius 2 is 2.15 bits per heavy atom. The Kier molecular flexibility index (Phi) is 3.32. The topological polar surface area (TPSA) is 20.2 Å². The van der Waals surface area contributed by atoms with Gasteiger partial charge in [0.1, 0.15) is 5.75 Å². The first-order chi connectivity index (χ1) is 6.16. The van der Waals surface area contributed by atoms with Gasteiger partial charge < -0.3 is 5.11 Å². The Morgan fingerprint density at radius 3 is 2.77 bits per heavy atom. The molecule has 0 aliphatic carbocycles. The highest BCUT2D eigenvalue weighted by Gasteiger charge is 2.04. The Morgan fingerprint density at radius 1 is 1.46 bits per heavy atom. The highest BCUT2D eigenvalue weighted by atomic mass is 79.9. The van der Waals surface area contributed by atoms with Crippen LogP contribution in [0, 0.1) is 6.92 Å². The highest BCUT2D eigenvalue weighted by Crippen LogP contribution is 2.30. The molecule has 1 N–H and O–H groups in total. The smallest absolute Gasteiger partial charge is 0.130 e. The van der Waals surface area contributed by atoms with Gasteiger partial charge in [-0.15, -0.1) is 0 Å². The summed E-state index contributed by atoms with van der Waals surface area (Å²) in [6.45, 7) is 5.59. The Bertz CT molecular complexity index is 353.